The molecule has 2 aromatic carbocycles. The topological polar surface area (TPSA) is 81.7 Å². The second-order valence-electron chi connectivity index (χ2n) is 7.79. The van der Waals surface area contributed by atoms with E-state index in [2.05, 4.69) is 4.72 Å². The maximum atomic E-state index is 13.2. The first-order valence-electron chi connectivity index (χ1n) is 9.03. The van der Waals surface area contributed by atoms with Crippen LogP contribution < -0.4 is 14.2 Å². The van der Waals surface area contributed by atoms with Crippen LogP contribution >= 0.6 is 0 Å². The molecular weight excluding hydrogens is 378 g/mol. The van der Waals surface area contributed by atoms with Crippen LogP contribution in [0.3, 0.4) is 0 Å². The van der Waals surface area contributed by atoms with Crippen molar-refractivity contribution >= 4 is 21.5 Å². The minimum atomic E-state index is -3.87. The van der Waals surface area contributed by atoms with Gasteiger partial charge >= 0.3 is 0 Å². The molecule has 0 saturated heterocycles. The van der Waals surface area contributed by atoms with Gasteiger partial charge in [-0.25, -0.2) is 8.42 Å². The van der Waals surface area contributed by atoms with E-state index in [0.717, 1.165) is 5.56 Å². The Bertz CT molecular complexity index is 1040. The minimum absolute atomic E-state index is 0.0821. The summed E-state index contributed by atoms with van der Waals surface area (Å²) in [5.41, 5.74) is 1.75. The maximum Gasteiger partial charge on any atom is 0.262 e. The molecule has 150 valence electrons. The highest BCUT2D eigenvalue weighted by Crippen LogP contribution is 2.43. The number of carbonyl (C=O) groups excluding carboxylic acids is 1. The highest BCUT2D eigenvalue weighted by Gasteiger charge is 2.32. The number of carbonyl (C=O) groups is 1. The van der Waals surface area contributed by atoms with Crippen molar-refractivity contribution in [1.29, 1.82) is 0 Å². The standard InChI is InChI=1S/C21H25NO5S/c1-21(2,3)14-8-6-7-9-18(14)28(24,25)22-15-12-17(26-4)20(27-5)19-13(15)10-11-16(19)23/h6-9,12,22H,10-11H2,1-5H3. The van der Waals surface area contributed by atoms with E-state index in [9.17, 15) is 13.2 Å². The molecular formula is C21H25NO5S. The molecule has 1 aliphatic rings. The molecule has 2 aromatic rings. The molecule has 7 heteroatoms. The first-order chi connectivity index (χ1) is 13.1. The Labute approximate surface area is 165 Å². The monoisotopic (exact) mass is 403 g/mol. The number of ketones is 1. The third-order valence-electron chi connectivity index (χ3n) is 4.89. The van der Waals surface area contributed by atoms with Gasteiger partial charge in [0.15, 0.2) is 17.3 Å². The molecule has 6 nitrogen and oxygen atoms in total. The number of benzene rings is 2. The molecule has 0 unspecified atom stereocenters. The van der Waals surface area contributed by atoms with E-state index in [4.69, 9.17) is 9.47 Å². The number of hydrogen-bond acceptors (Lipinski definition) is 5. The smallest absolute Gasteiger partial charge is 0.262 e. The second-order valence-corrected chi connectivity index (χ2v) is 9.44. The predicted molar refractivity (Wildman–Crippen MR) is 108 cm³/mol. The predicted octanol–water partition coefficient (Wildman–Crippen LogP) is 3.93. The van der Waals surface area contributed by atoms with E-state index < -0.39 is 10.0 Å². The summed E-state index contributed by atoms with van der Waals surface area (Å²) in [5.74, 6) is 0.581. The number of anilines is 1. The molecule has 3 rings (SSSR count). The highest BCUT2D eigenvalue weighted by molar-refractivity contribution is 7.92. The third kappa shape index (κ3) is 3.46. The molecule has 1 N–H and O–H groups in total. The number of Topliss-reactive ketones (excluding diaryl/α,β-unsaturated/α-hetero) is 1. The molecule has 0 aromatic heterocycles. The third-order valence-corrected chi connectivity index (χ3v) is 6.31. The summed E-state index contributed by atoms with van der Waals surface area (Å²) in [6.45, 7) is 5.90. The molecule has 0 aliphatic heterocycles. The molecule has 0 atom stereocenters. The molecule has 0 heterocycles. The highest BCUT2D eigenvalue weighted by atomic mass is 32.2. The zero-order valence-electron chi connectivity index (χ0n) is 16.8. The molecule has 0 radical (unpaired) electrons. The number of methoxy groups -OCH3 is 2. The normalized spacial score (nSPS) is 14.0. The van der Waals surface area contributed by atoms with Crippen molar-refractivity contribution in [3.05, 3.63) is 47.0 Å². The van der Waals surface area contributed by atoms with E-state index in [0.29, 0.717) is 41.2 Å². The molecule has 0 spiro atoms. The van der Waals surface area contributed by atoms with E-state index in [1.165, 1.54) is 14.2 Å². The lowest BCUT2D eigenvalue weighted by Gasteiger charge is -2.23. The van der Waals surface area contributed by atoms with Crippen molar-refractivity contribution < 1.29 is 22.7 Å². The van der Waals surface area contributed by atoms with Crippen LogP contribution in [-0.4, -0.2) is 28.4 Å². The number of hydrogen-bond donors (Lipinski definition) is 1. The second kappa shape index (κ2) is 7.13. The van der Waals surface area contributed by atoms with Gasteiger partial charge in [0.05, 0.1) is 30.4 Å². The van der Waals surface area contributed by atoms with Gasteiger partial charge in [0.1, 0.15) is 0 Å². The van der Waals surface area contributed by atoms with Crippen LogP contribution in [0.2, 0.25) is 0 Å². The van der Waals surface area contributed by atoms with Gasteiger partial charge < -0.3 is 9.47 Å². The summed E-state index contributed by atoms with van der Waals surface area (Å²) in [6, 6.07) is 8.51. The average molecular weight is 404 g/mol. The Hall–Kier alpha value is -2.54. The molecule has 28 heavy (non-hydrogen) atoms. The van der Waals surface area contributed by atoms with Gasteiger partial charge in [-0.2, -0.15) is 0 Å². The fourth-order valence-corrected chi connectivity index (χ4v) is 5.07. The Morgan fingerprint density at radius 1 is 1.04 bits per heavy atom. The van der Waals surface area contributed by atoms with Crippen LogP contribution in [-0.2, 0) is 21.9 Å². The Kier molecular flexibility index (Phi) is 5.14. The van der Waals surface area contributed by atoms with E-state index >= 15 is 0 Å². The fraction of sp³-hybridized carbons (Fsp3) is 0.381. The van der Waals surface area contributed by atoms with Gasteiger partial charge in [0.2, 0.25) is 0 Å². The SMILES string of the molecule is COc1cc(NS(=O)(=O)c2ccccc2C(C)(C)C)c2c(c1OC)C(=O)CC2. The molecule has 0 fully saturated rings. The van der Waals surface area contributed by atoms with Crippen LogP contribution in [0.15, 0.2) is 35.2 Å². The lowest BCUT2D eigenvalue weighted by atomic mass is 9.87. The van der Waals surface area contributed by atoms with Crippen molar-refractivity contribution in [3.63, 3.8) is 0 Å². The Morgan fingerprint density at radius 2 is 1.71 bits per heavy atom. The van der Waals surface area contributed by atoms with E-state index in [-0.39, 0.29) is 16.1 Å². The lowest BCUT2D eigenvalue weighted by molar-refractivity contribution is 0.0991. The van der Waals surface area contributed by atoms with Crippen LogP contribution in [0.5, 0.6) is 11.5 Å². The van der Waals surface area contributed by atoms with Crippen LogP contribution in [0.1, 0.15) is 48.7 Å². The maximum absolute atomic E-state index is 13.2. The molecule has 0 amide bonds. The molecule has 0 saturated carbocycles. The zero-order valence-corrected chi connectivity index (χ0v) is 17.6. The first kappa shape index (κ1) is 20.2. The van der Waals surface area contributed by atoms with Crippen molar-refractivity contribution in [2.75, 3.05) is 18.9 Å². The quantitative estimate of drug-likeness (QED) is 0.818. The zero-order chi connectivity index (χ0) is 20.7. The number of sulfonamides is 1. The fourth-order valence-electron chi connectivity index (χ4n) is 3.56. The summed E-state index contributed by atoms with van der Waals surface area (Å²) in [6.07, 6.45) is 0.763. The summed E-state index contributed by atoms with van der Waals surface area (Å²) in [4.78, 5) is 12.6. The minimum Gasteiger partial charge on any atom is -0.493 e. The first-order valence-corrected chi connectivity index (χ1v) is 10.5. The average Bonchev–Trinajstić information content (AvgIpc) is 3.02. The van der Waals surface area contributed by atoms with E-state index in [1.807, 2.05) is 32.9 Å². The summed E-state index contributed by atoms with van der Waals surface area (Å²) < 4.78 is 39.8. The number of nitrogens with one attached hydrogen (secondary N) is 1. The van der Waals surface area contributed by atoms with Crippen molar-refractivity contribution in [1.82, 2.24) is 0 Å². The van der Waals surface area contributed by atoms with Crippen molar-refractivity contribution in [3.8, 4) is 11.5 Å². The van der Waals surface area contributed by atoms with Gasteiger partial charge in [-0.05, 0) is 29.0 Å². The van der Waals surface area contributed by atoms with Gasteiger partial charge in [-0.3, -0.25) is 9.52 Å². The molecule has 1 aliphatic carbocycles. The van der Waals surface area contributed by atoms with Gasteiger partial charge in [-0.15, -0.1) is 0 Å². The molecule has 0 bridgehead atoms. The summed E-state index contributed by atoms with van der Waals surface area (Å²) in [7, 11) is -0.948. The van der Waals surface area contributed by atoms with Crippen molar-refractivity contribution in [2.24, 2.45) is 0 Å². The summed E-state index contributed by atoms with van der Waals surface area (Å²) >= 11 is 0. The van der Waals surface area contributed by atoms with Crippen LogP contribution in [0.25, 0.3) is 0 Å². The van der Waals surface area contributed by atoms with Gasteiger partial charge in [0.25, 0.3) is 10.0 Å². The van der Waals surface area contributed by atoms with Crippen molar-refractivity contribution in [2.45, 2.75) is 43.9 Å². The largest absolute Gasteiger partial charge is 0.493 e. The van der Waals surface area contributed by atoms with Gasteiger partial charge in [-0.1, -0.05) is 39.0 Å². The number of ether oxygens (including phenoxy) is 2. The van der Waals surface area contributed by atoms with Crippen LogP contribution in [0.4, 0.5) is 5.69 Å². The van der Waals surface area contributed by atoms with Crippen LogP contribution in [0, 0.1) is 0 Å². The lowest BCUT2D eigenvalue weighted by Crippen LogP contribution is -2.21. The van der Waals surface area contributed by atoms with E-state index in [1.54, 1.807) is 18.2 Å². The Balaban J connectivity index is 2.14. The van der Waals surface area contributed by atoms with Gasteiger partial charge in [0, 0.05) is 12.5 Å². The summed E-state index contributed by atoms with van der Waals surface area (Å²) in [5, 5.41) is 0. The Morgan fingerprint density at radius 3 is 2.32 bits per heavy atom. The number of rotatable bonds is 5. The number of fused-ring (bicyclic) bond motifs is 1.